The summed E-state index contributed by atoms with van der Waals surface area (Å²) in [5.41, 5.74) is 0.500. The van der Waals surface area contributed by atoms with E-state index >= 15 is 0 Å². The van der Waals surface area contributed by atoms with Crippen molar-refractivity contribution < 1.29 is 37.8 Å². The van der Waals surface area contributed by atoms with Gasteiger partial charge in [0.25, 0.3) is 0 Å². The number of aliphatic hydroxyl groups excluding tert-OH is 1. The first kappa shape index (κ1) is 19.3. The Hall–Kier alpha value is -1.73. The highest BCUT2D eigenvalue weighted by molar-refractivity contribution is 7.52. The molecule has 0 aliphatic rings. The van der Waals surface area contributed by atoms with Crippen molar-refractivity contribution in [1.29, 1.82) is 0 Å². The van der Waals surface area contributed by atoms with Crippen LogP contribution in [0.1, 0.15) is 20.7 Å². The summed E-state index contributed by atoms with van der Waals surface area (Å²) in [7, 11) is -1.83. The van der Waals surface area contributed by atoms with Gasteiger partial charge in [0.1, 0.15) is 13.2 Å². The molecule has 0 aliphatic carbocycles. The SMILES string of the molecule is COP(C)(=O)OCCOC(=O)c1ccc(C(=O)OCCO)cc1. The number of aliphatic hydroxyl groups is 1. The fraction of sp³-hybridized carbons (Fsp3) is 0.429. The summed E-state index contributed by atoms with van der Waals surface area (Å²) in [5, 5.41) is 8.57. The first-order chi connectivity index (χ1) is 10.9. The van der Waals surface area contributed by atoms with Crippen LogP contribution in [-0.2, 0) is 23.1 Å². The van der Waals surface area contributed by atoms with Crippen LogP contribution >= 0.6 is 7.60 Å². The van der Waals surface area contributed by atoms with Crippen LogP contribution in [0.25, 0.3) is 0 Å². The van der Waals surface area contributed by atoms with Gasteiger partial charge in [-0.15, -0.1) is 0 Å². The van der Waals surface area contributed by atoms with Crippen LogP contribution in [0.2, 0.25) is 0 Å². The van der Waals surface area contributed by atoms with Gasteiger partial charge in [-0.25, -0.2) is 9.59 Å². The second-order valence-electron chi connectivity index (χ2n) is 4.36. The Morgan fingerprint density at radius 3 is 1.91 bits per heavy atom. The molecule has 0 saturated carbocycles. The first-order valence-corrected chi connectivity index (χ1v) is 8.71. The minimum Gasteiger partial charge on any atom is -0.460 e. The number of carbonyl (C=O) groups is 2. The fourth-order valence-electron chi connectivity index (χ4n) is 1.44. The molecule has 0 aromatic heterocycles. The van der Waals surface area contributed by atoms with Gasteiger partial charge in [0.15, 0.2) is 0 Å². The molecule has 1 N–H and O–H groups in total. The van der Waals surface area contributed by atoms with Crippen LogP contribution in [0, 0.1) is 0 Å². The average molecular weight is 346 g/mol. The second kappa shape index (κ2) is 9.42. The lowest BCUT2D eigenvalue weighted by molar-refractivity contribution is 0.0425. The van der Waals surface area contributed by atoms with Crippen LogP contribution in [0.5, 0.6) is 0 Å². The number of hydrogen-bond donors (Lipinski definition) is 1. The maximum Gasteiger partial charge on any atom is 0.338 e. The Balaban J connectivity index is 2.45. The minimum absolute atomic E-state index is 0.0566. The van der Waals surface area contributed by atoms with Crippen LogP contribution in [0.3, 0.4) is 0 Å². The van der Waals surface area contributed by atoms with Gasteiger partial charge in [0, 0.05) is 13.8 Å². The number of ether oxygens (including phenoxy) is 2. The van der Waals surface area contributed by atoms with Crippen molar-refractivity contribution in [3.63, 3.8) is 0 Å². The highest BCUT2D eigenvalue weighted by atomic mass is 31.2. The molecule has 1 aromatic carbocycles. The van der Waals surface area contributed by atoms with Gasteiger partial charge in [-0.2, -0.15) is 0 Å². The lowest BCUT2D eigenvalue weighted by Crippen LogP contribution is -2.12. The van der Waals surface area contributed by atoms with E-state index in [0.717, 1.165) is 0 Å². The van der Waals surface area contributed by atoms with Crippen LogP contribution in [0.15, 0.2) is 24.3 Å². The number of benzene rings is 1. The van der Waals surface area contributed by atoms with Crippen molar-refractivity contribution in [2.45, 2.75) is 0 Å². The molecule has 9 heteroatoms. The monoisotopic (exact) mass is 346 g/mol. The third-order valence-electron chi connectivity index (χ3n) is 2.65. The first-order valence-electron chi connectivity index (χ1n) is 6.72. The summed E-state index contributed by atoms with van der Waals surface area (Å²) in [5.74, 6) is -1.20. The van der Waals surface area contributed by atoms with Crippen molar-refractivity contribution in [3.8, 4) is 0 Å². The van der Waals surface area contributed by atoms with E-state index in [0.29, 0.717) is 0 Å². The van der Waals surface area contributed by atoms with Gasteiger partial charge in [0.2, 0.25) is 0 Å². The zero-order valence-corrected chi connectivity index (χ0v) is 13.8. The van der Waals surface area contributed by atoms with Gasteiger partial charge in [-0.3, -0.25) is 4.57 Å². The van der Waals surface area contributed by atoms with Crippen molar-refractivity contribution >= 4 is 19.5 Å². The molecule has 0 amide bonds. The highest BCUT2D eigenvalue weighted by Crippen LogP contribution is 2.42. The zero-order chi connectivity index (χ0) is 17.3. The van der Waals surface area contributed by atoms with E-state index in [1.807, 2.05) is 0 Å². The normalized spacial score (nSPS) is 13.2. The number of hydrogen-bond acceptors (Lipinski definition) is 8. The molecule has 0 fully saturated rings. The van der Waals surface area contributed by atoms with Crippen molar-refractivity contribution in [2.75, 3.05) is 40.2 Å². The van der Waals surface area contributed by atoms with E-state index in [-0.39, 0.29) is 37.6 Å². The molecule has 1 atom stereocenters. The lowest BCUT2D eigenvalue weighted by Gasteiger charge is -2.11. The Kier molecular flexibility index (Phi) is 7.91. The van der Waals surface area contributed by atoms with E-state index in [9.17, 15) is 14.2 Å². The Morgan fingerprint density at radius 1 is 1.00 bits per heavy atom. The topological polar surface area (TPSA) is 108 Å². The Morgan fingerprint density at radius 2 is 1.48 bits per heavy atom. The molecule has 0 saturated heterocycles. The molecule has 0 aliphatic heterocycles. The van der Waals surface area contributed by atoms with E-state index < -0.39 is 19.5 Å². The lowest BCUT2D eigenvalue weighted by atomic mass is 10.1. The molecule has 0 radical (unpaired) electrons. The molecular weight excluding hydrogens is 327 g/mol. The van der Waals surface area contributed by atoms with Gasteiger partial charge in [-0.1, -0.05) is 0 Å². The summed E-state index contributed by atoms with van der Waals surface area (Å²) in [6.45, 7) is 0.819. The summed E-state index contributed by atoms with van der Waals surface area (Å²) in [6.07, 6.45) is 0. The van der Waals surface area contributed by atoms with Gasteiger partial charge < -0.3 is 23.6 Å². The molecule has 23 heavy (non-hydrogen) atoms. The fourth-order valence-corrected chi connectivity index (χ4v) is 1.95. The maximum atomic E-state index is 11.8. The molecule has 128 valence electrons. The van der Waals surface area contributed by atoms with Crippen LogP contribution in [0.4, 0.5) is 0 Å². The maximum absolute atomic E-state index is 11.8. The molecule has 0 heterocycles. The number of carbonyl (C=O) groups excluding carboxylic acids is 2. The predicted molar refractivity (Wildman–Crippen MR) is 80.6 cm³/mol. The van der Waals surface area contributed by atoms with Crippen LogP contribution < -0.4 is 0 Å². The van der Waals surface area contributed by atoms with E-state index in [4.69, 9.17) is 19.1 Å². The minimum atomic E-state index is -3.09. The average Bonchev–Trinajstić information content (AvgIpc) is 2.56. The standard InChI is InChI=1S/C14H19O8P/c1-19-23(2,18)22-10-9-21-14(17)12-5-3-11(4-6-12)13(16)20-8-7-15/h3-6,15H,7-10H2,1-2H3. The largest absolute Gasteiger partial charge is 0.460 e. The third kappa shape index (κ3) is 6.92. The molecule has 0 bridgehead atoms. The quantitative estimate of drug-likeness (QED) is 0.407. The molecule has 1 unspecified atom stereocenters. The van der Waals surface area contributed by atoms with Gasteiger partial charge in [0.05, 0.1) is 24.3 Å². The molecular formula is C14H19O8P. The van der Waals surface area contributed by atoms with Crippen molar-refractivity contribution in [3.05, 3.63) is 35.4 Å². The van der Waals surface area contributed by atoms with Crippen molar-refractivity contribution in [1.82, 2.24) is 0 Å². The van der Waals surface area contributed by atoms with Crippen molar-refractivity contribution in [2.24, 2.45) is 0 Å². The van der Waals surface area contributed by atoms with Crippen LogP contribution in [-0.4, -0.2) is 57.2 Å². The number of rotatable bonds is 9. The summed E-state index contributed by atoms with van der Waals surface area (Å²) in [6, 6.07) is 5.66. The molecule has 1 aromatic rings. The van der Waals surface area contributed by atoms with E-state index in [2.05, 4.69) is 4.52 Å². The van der Waals surface area contributed by atoms with E-state index in [1.165, 1.54) is 38.0 Å². The number of esters is 2. The van der Waals surface area contributed by atoms with Gasteiger partial charge in [-0.05, 0) is 24.3 Å². The zero-order valence-electron chi connectivity index (χ0n) is 12.9. The predicted octanol–water partition coefficient (Wildman–Crippen LogP) is 1.48. The third-order valence-corrected chi connectivity index (χ3v) is 3.97. The highest BCUT2D eigenvalue weighted by Gasteiger charge is 2.15. The Bertz CT molecular complexity index is 569. The van der Waals surface area contributed by atoms with Gasteiger partial charge >= 0.3 is 19.5 Å². The van der Waals surface area contributed by atoms with E-state index in [1.54, 1.807) is 0 Å². The molecule has 1 rings (SSSR count). The molecule has 0 spiro atoms. The summed E-state index contributed by atoms with van der Waals surface area (Å²) >= 11 is 0. The summed E-state index contributed by atoms with van der Waals surface area (Å²) in [4.78, 5) is 23.3. The molecule has 8 nitrogen and oxygen atoms in total. The second-order valence-corrected chi connectivity index (χ2v) is 6.53. The Labute approximate surface area is 133 Å². The summed E-state index contributed by atoms with van der Waals surface area (Å²) < 4.78 is 30.7. The smallest absolute Gasteiger partial charge is 0.338 e.